The number of carbonyl (C=O) groups is 1. The van der Waals surface area contributed by atoms with Crippen LogP contribution < -0.4 is 0 Å². The summed E-state index contributed by atoms with van der Waals surface area (Å²) in [6, 6.07) is 5.73. The van der Waals surface area contributed by atoms with Gasteiger partial charge in [-0.2, -0.15) is 5.10 Å². The van der Waals surface area contributed by atoms with Crippen molar-refractivity contribution >= 4 is 11.6 Å². The Balaban J connectivity index is 0.00000161. The minimum atomic E-state index is -0.370. The molecule has 0 amide bonds. The number of hydrogen-bond donors (Lipinski definition) is 0. The fourth-order valence-corrected chi connectivity index (χ4v) is 2.07. The number of aryl methyl sites for hydroxylation is 1. The molecule has 3 heterocycles. The van der Waals surface area contributed by atoms with Crippen molar-refractivity contribution in [3.05, 3.63) is 42.5 Å². The summed E-state index contributed by atoms with van der Waals surface area (Å²) < 4.78 is 8.46. The van der Waals surface area contributed by atoms with Crippen molar-refractivity contribution in [3.8, 4) is 11.3 Å². The lowest BCUT2D eigenvalue weighted by Gasteiger charge is -2.02. The third kappa shape index (κ3) is 2.65. The number of fused-ring (bicyclic) bond motifs is 1. The second-order valence-corrected chi connectivity index (χ2v) is 4.38. The molecule has 3 aromatic rings. The molecule has 6 nitrogen and oxygen atoms in total. The molecule has 0 aromatic carbocycles. The van der Waals surface area contributed by atoms with Crippen LogP contribution in [0.3, 0.4) is 0 Å². The van der Waals surface area contributed by atoms with Crippen LogP contribution in [0.1, 0.15) is 24.8 Å². The summed E-state index contributed by atoms with van der Waals surface area (Å²) in [6.07, 6.45) is 5.21. The van der Waals surface area contributed by atoms with Crippen molar-refractivity contribution in [2.45, 2.75) is 14.4 Å². The van der Waals surface area contributed by atoms with Crippen molar-refractivity contribution in [1.29, 1.82) is 0 Å². The fourth-order valence-electron chi connectivity index (χ4n) is 2.07. The maximum atomic E-state index is 11.8. The normalized spacial score (nSPS) is 10.4. The first kappa shape index (κ1) is 14.8. The summed E-state index contributed by atoms with van der Waals surface area (Å²) in [7, 11) is 1.87. The molecule has 3 aromatic heterocycles. The van der Waals surface area contributed by atoms with E-state index in [2.05, 4.69) is 10.1 Å². The Morgan fingerprint density at radius 3 is 2.81 bits per heavy atom. The van der Waals surface area contributed by atoms with Gasteiger partial charge in [-0.05, 0) is 25.1 Å². The number of hydrogen-bond acceptors (Lipinski definition) is 4. The fraction of sp³-hybridized carbons (Fsp3) is 0.267. The molecule has 0 fully saturated rings. The lowest BCUT2D eigenvalue weighted by molar-refractivity contribution is 0.0518. The summed E-state index contributed by atoms with van der Waals surface area (Å²) in [5.74, 6) is -0.370. The maximum absolute atomic E-state index is 11.8. The number of carbonyl (C=O) groups excluding carboxylic acids is 1. The molecule has 3 rings (SSSR count). The van der Waals surface area contributed by atoms with Crippen LogP contribution in [0, 0.1) is 0 Å². The highest BCUT2D eigenvalue weighted by molar-refractivity contribution is 5.88. The monoisotopic (exact) mass is 286 g/mol. The van der Waals surface area contributed by atoms with E-state index in [0.717, 1.165) is 11.3 Å². The standard InChI is InChI=1S/C14H14N4O2.CH4/c1-3-20-14(19)12-9-15-13-8-10(4-7-18(12)13)11-5-6-17(2)16-11;/h4-9H,3H2,1-2H3;1H4. The Bertz CT molecular complexity index is 773. The van der Waals surface area contributed by atoms with Crippen molar-refractivity contribution in [1.82, 2.24) is 19.2 Å². The SMILES string of the molecule is C.CCOC(=O)c1cnc2cc(-c3ccn(C)n3)ccn12. The molecular weight excluding hydrogens is 268 g/mol. The molecular formula is C15H18N4O2. The van der Waals surface area contributed by atoms with Gasteiger partial charge in [-0.15, -0.1) is 0 Å². The molecule has 0 saturated heterocycles. The highest BCUT2D eigenvalue weighted by atomic mass is 16.5. The van der Waals surface area contributed by atoms with Crippen molar-refractivity contribution in [2.24, 2.45) is 7.05 Å². The first-order valence-electron chi connectivity index (χ1n) is 6.33. The smallest absolute Gasteiger partial charge is 0.356 e. The Hall–Kier alpha value is -2.63. The average molecular weight is 286 g/mol. The zero-order valence-corrected chi connectivity index (χ0v) is 11.3. The van der Waals surface area contributed by atoms with Gasteiger partial charge in [-0.25, -0.2) is 9.78 Å². The van der Waals surface area contributed by atoms with Gasteiger partial charge in [0.1, 0.15) is 5.65 Å². The largest absolute Gasteiger partial charge is 0.461 e. The second kappa shape index (κ2) is 5.78. The Labute approximate surface area is 123 Å². The van der Waals surface area contributed by atoms with E-state index in [0.29, 0.717) is 17.9 Å². The van der Waals surface area contributed by atoms with Gasteiger partial charge in [0.25, 0.3) is 0 Å². The molecule has 0 radical (unpaired) electrons. The van der Waals surface area contributed by atoms with Crippen molar-refractivity contribution in [3.63, 3.8) is 0 Å². The predicted molar refractivity (Wildman–Crippen MR) is 80.1 cm³/mol. The number of esters is 1. The van der Waals surface area contributed by atoms with E-state index in [1.807, 2.05) is 31.4 Å². The Kier molecular flexibility index (Phi) is 4.07. The van der Waals surface area contributed by atoms with Crippen LogP contribution in [0.4, 0.5) is 0 Å². The second-order valence-electron chi connectivity index (χ2n) is 4.38. The summed E-state index contributed by atoms with van der Waals surface area (Å²) in [6.45, 7) is 2.12. The van der Waals surface area contributed by atoms with Gasteiger partial charge in [0.15, 0.2) is 5.69 Å². The lowest BCUT2D eigenvalue weighted by atomic mass is 10.2. The quantitative estimate of drug-likeness (QED) is 0.694. The first-order chi connectivity index (χ1) is 9.69. The van der Waals surface area contributed by atoms with Crippen LogP contribution in [-0.2, 0) is 11.8 Å². The van der Waals surface area contributed by atoms with E-state index in [9.17, 15) is 4.79 Å². The minimum absolute atomic E-state index is 0. The van der Waals surface area contributed by atoms with Gasteiger partial charge < -0.3 is 4.74 Å². The third-order valence-electron chi connectivity index (χ3n) is 3.01. The summed E-state index contributed by atoms with van der Waals surface area (Å²) in [4.78, 5) is 16.0. The van der Waals surface area contributed by atoms with Crippen LogP contribution in [0.2, 0.25) is 0 Å². The third-order valence-corrected chi connectivity index (χ3v) is 3.01. The van der Waals surface area contributed by atoms with E-state index >= 15 is 0 Å². The average Bonchev–Trinajstić information content (AvgIpc) is 3.04. The molecule has 0 saturated carbocycles. The number of pyridine rings is 1. The van der Waals surface area contributed by atoms with Gasteiger partial charge in [0, 0.05) is 25.0 Å². The van der Waals surface area contributed by atoms with Crippen LogP contribution in [0.15, 0.2) is 36.8 Å². The minimum Gasteiger partial charge on any atom is -0.461 e. The lowest BCUT2D eigenvalue weighted by Crippen LogP contribution is -2.07. The Morgan fingerprint density at radius 1 is 1.33 bits per heavy atom. The first-order valence-corrected chi connectivity index (χ1v) is 6.33. The molecule has 0 aliphatic heterocycles. The zero-order valence-electron chi connectivity index (χ0n) is 11.3. The van der Waals surface area contributed by atoms with E-state index in [-0.39, 0.29) is 13.4 Å². The number of nitrogens with zero attached hydrogens (tertiary/aromatic N) is 4. The van der Waals surface area contributed by atoms with E-state index in [1.165, 1.54) is 6.20 Å². The Morgan fingerprint density at radius 2 is 2.14 bits per heavy atom. The van der Waals surface area contributed by atoms with Gasteiger partial charge in [-0.1, -0.05) is 7.43 Å². The summed E-state index contributed by atoms with van der Waals surface area (Å²) in [5, 5.41) is 4.35. The molecule has 0 aliphatic rings. The van der Waals surface area contributed by atoms with Gasteiger partial charge >= 0.3 is 5.97 Å². The van der Waals surface area contributed by atoms with Crippen LogP contribution in [-0.4, -0.2) is 31.7 Å². The predicted octanol–water partition coefficient (Wildman–Crippen LogP) is 2.55. The number of ether oxygens (including phenoxy) is 1. The van der Waals surface area contributed by atoms with Crippen LogP contribution >= 0.6 is 0 Å². The molecule has 0 aliphatic carbocycles. The van der Waals surface area contributed by atoms with Crippen LogP contribution in [0.5, 0.6) is 0 Å². The van der Waals surface area contributed by atoms with Crippen LogP contribution in [0.25, 0.3) is 16.9 Å². The van der Waals surface area contributed by atoms with Gasteiger partial charge in [-0.3, -0.25) is 9.08 Å². The molecule has 0 atom stereocenters. The maximum Gasteiger partial charge on any atom is 0.356 e. The van der Waals surface area contributed by atoms with E-state index < -0.39 is 0 Å². The molecule has 0 bridgehead atoms. The molecule has 21 heavy (non-hydrogen) atoms. The number of aromatic nitrogens is 4. The molecule has 0 unspecified atom stereocenters. The van der Waals surface area contributed by atoms with Gasteiger partial charge in [0.05, 0.1) is 18.5 Å². The molecule has 0 N–H and O–H groups in total. The highest BCUT2D eigenvalue weighted by Gasteiger charge is 2.13. The molecule has 0 spiro atoms. The summed E-state index contributed by atoms with van der Waals surface area (Å²) in [5.41, 5.74) is 2.94. The summed E-state index contributed by atoms with van der Waals surface area (Å²) >= 11 is 0. The van der Waals surface area contributed by atoms with E-state index in [4.69, 9.17) is 4.74 Å². The molecule has 6 heteroatoms. The number of imidazole rings is 1. The highest BCUT2D eigenvalue weighted by Crippen LogP contribution is 2.19. The number of rotatable bonds is 3. The van der Waals surface area contributed by atoms with Crippen molar-refractivity contribution < 1.29 is 9.53 Å². The van der Waals surface area contributed by atoms with Gasteiger partial charge in [0.2, 0.25) is 0 Å². The van der Waals surface area contributed by atoms with Crippen molar-refractivity contribution in [2.75, 3.05) is 6.61 Å². The zero-order chi connectivity index (χ0) is 14.1. The molecule has 110 valence electrons. The van der Waals surface area contributed by atoms with E-state index in [1.54, 1.807) is 22.2 Å². The topological polar surface area (TPSA) is 61.4 Å².